The van der Waals surface area contributed by atoms with Gasteiger partial charge in [0.1, 0.15) is 5.15 Å². The summed E-state index contributed by atoms with van der Waals surface area (Å²) in [6, 6.07) is 5.20. The molecule has 0 unspecified atom stereocenters. The van der Waals surface area contributed by atoms with Crippen molar-refractivity contribution in [2.75, 3.05) is 0 Å². The lowest BCUT2D eigenvalue weighted by Crippen LogP contribution is -1.91. The number of aromatic nitrogens is 1. The van der Waals surface area contributed by atoms with Gasteiger partial charge in [0, 0.05) is 18.0 Å². The quantitative estimate of drug-likeness (QED) is 0.731. The van der Waals surface area contributed by atoms with Crippen LogP contribution in [0.25, 0.3) is 10.9 Å². The molecular weight excluding hydrogens is 214 g/mol. The number of aryl methyl sites for hydroxylation is 1. The molecule has 0 saturated heterocycles. The molecular formula is C11H8ClNO2. The maximum atomic E-state index is 10.9. The number of fused-ring (bicyclic) bond motifs is 1. The van der Waals surface area contributed by atoms with Gasteiger partial charge in [0.05, 0.1) is 11.1 Å². The van der Waals surface area contributed by atoms with Crippen molar-refractivity contribution in [1.29, 1.82) is 0 Å². The van der Waals surface area contributed by atoms with E-state index in [0.29, 0.717) is 33.5 Å². The summed E-state index contributed by atoms with van der Waals surface area (Å²) in [5.41, 5.74) is 1.66. The number of carbonyl (C=O) groups is 2. The molecule has 0 atom stereocenters. The van der Waals surface area contributed by atoms with Crippen LogP contribution in [0.3, 0.4) is 0 Å². The summed E-state index contributed by atoms with van der Waals surface area (Å²) in [7, 11) is 1.73. The Morgan fingerprint density at radius 2 is 2.00 bits per heavy atom. The molecule has 2 rings (SSSR count). The van der Waals surface area contributed by atoms with Gasteiger partial charge in [-0.1, -0.05) is 23.7 Å². The van der Waals surface area contributed by atoms with Crippen molar-refractivity contribution in [3.8, 4) is 0 Å². The van der Waals surface area contributed by atoms with E-state index in [4.69, 9.17) is 11.6 Å². The molecule has 0 saturated carbocycles. The second-order valence-electron chi connectivity index (χ2n) is 3.24. The largest absolute Gasteiger partial charge is 0.334 e. The van der Waals surface area contributed by atoms with E-state index >= 15 is 0 Å². The van der Waals surface area contributed by atoms with Gasteiger partial charge in [0.15, 0.2) is 12.6 Å². The van der Waals surface area contributed by atoms with Crippen molar-refractivity contribution >= 4 is 35.1 Å². The first-order valence-corrected chi connectivity index (χ1v) is 4.75. The van der Waals surface area contributed by atoms with Crippen molar-refractivity contribution in [3.63, 3.8) is 0 Å². The molecule has 15 heavy (non-hydrogen) atoms. The lowest BCUT2D eigenvalue weighted by atomic mass is 10.1. The molecule has 76 valence electrons. The monoisotopic (exact) mass is 221 g/mol. The fourth-order valence-corrected chi connectivity index (χ4v) is 1.98. The maximum absolute atomic E-state index is 10.9. The van der Waals surface area contributed by atoms with Crippen LogP contribution in [0.4, 0.5) is 0 Å². The topological polar surface area (TPSA) is 39.1 Å². The molecule has 0 aliphatic heterocycles. The Bertz CT molecular complexity index is 557. The first-order valence-electron chi connectivity index (χ1n) is 4.38. The van der Waals surface area contributed by atoms with Crippen molar-refractivity contribution in [2.45, 2.75) is 0 Å². The summed E-state index contributed by atoms with van der Waals surface area (Å²) in [6.45, 7) is 0. The average Bonchev–Trinajstić information content (AvgIpc) is 2.51. The number of hydrogen-bond acceptors (Lipinski definition) is 2. The molecule has 0 spiro atoms. The minimum atomic E-state index is 0.356. The van der Waals surface area contributed by atoms with Gasteiger partial charge >= 0.3 is 0 Å². The molecule has 4 heteroatoms. The van der Waals surface area contributed by atoms with Crippen LogP contribution < -0.4 is 0 Å². The van der Waals surface area contributed by atoms with Crippen LogP contribution in [0.5, 0.6) is 0 Å². The first-order chi connectivity index (χ1) is 7.20. The molecule has 0 aliphatic rings. The highest BCUT2D eigenvalue weighted by atomic mass is 35.5. The van der Waals surface area contributed by atoms with E-state index < -0.39 is 0 Å². The van der Waals surface area contributed by atoms with Crippen LogP contribution >= 0.6 is 11.6 Å². The van der Waals surface area contributed by atoms with E-state index in [1.54, 1.807) is 29.8 Å². The van der Waals surface area contributed by atoms with Crippen molar-refractivity contribution in [3.05, 3.63) is 34.5 Å². The third-order valence-electron chi connectivity index (χ3n) is 2.45. The molecule has 3 nitrogen and oxygen atoms in total. The normalized spacial score (nSPS) is 10.5. The van der Waals surface area contributed by atoms with E-state index in [9.17, 15) is 9.59 Å². The number of para-hydroxylation sites is 1. The Kier molecular flexibility index (Phi) is 2.32. The van der Waals surface area contributed by atoms with Crippen LogP contribution in [0.2, 0.25) is 5.15 Å². The van der Waals surface area contributed by atoms with Crippen LogP contribution in [0.1, 0.15) is 20.7 Å². The van der Waals surface area contributed by atoms with Crippen LogP contribution in [0.15, 0.2) is 18.2 Å². The molecule has 0 N–H and O–H groups in total. The van der Waals surface area contributed by atoms with Crippen molar-refractivity contribution in [1.82, 2.24) is 4.57 Å². The lowest BCUT2D eigenvalue weighted by molar-refractivity contribution is 0.111. The Balaban J connectivity index is 3.02. The van der Waals surface area contributed by atoms with E-state index in [1.165, 1.54) is 0 Å². The Labute approximate surface area is 91.3 Å². The molecule has 0 amide bonds. The smallest absolute Gasteiger partial charge is 0.153 e. The van der Waals surface area contributed by atoms with Gasteiger partial charge in [-0.3, -0.25) is 9.59 Å². The maximum Gasteiger partial charge on any atom is 0.153 e. The second kappa shape index (κ2) is 3.51. The number of halogens is 1. The highest BCUT2D eigenvalue weighted by Crippen LogP contribution is 2.29. The number of nitrogens with zero attached hydrogens (tertiary/aromatic N) is 1. The fraction of sp³-hybridized carbons (Fsp3) is 0.0909. The summed E-state index contributed by atoms with van der Waals surface area (Å²) < 4.78 is 1.64. The van der Waals surface area contributed by atoms with Gasteiger partial charge in [-0.15, -0.1) is 0 Å². The van der Waals surface area contributed by atoms with Crippen LogP contribution in [-0.2, 0) is 7.05 Å². The molecule has 0 radical (unpaired) electrons. The standard InChI is InChI=1S/C11H8ClNO2/c1-13-10-7(5-14)3-2-4-8(10)9(6-15)11(13)12/h2-6H,1H3. The predicted molar refractivity (Wildman–Crippen MR) is 58.7 cm³/mol. The van der Waals surface area contributed by atoms with Gasteiger partial charge in [-0.2, -0.15) is 0 Å². The van der Waals surface area contributed by atoms with Crippen LogP contribution in [0, 0.1) is 0 Å². The highest BCUT2D eigenvalue weighted by molar-refractivity contribution is 6.34. The number of carbonyl (C=O) groups excluding carboxylic acids is 2. The number of aldehydes is 2. The van der Waals surface area contributed by atoms with E-state index in [1.807, 2.05) is 0 Å². The molecule has 0 bridgehead atoms. The lowest BCUT2D eigenvalue weighted by Gasteiger charge is -1.99. The minimum Gasteiger partial charge on any atom is -0.334 e. The van der Waals surface area contributed by atoms with Gasteiger partial charge in [0.2, 0.25) is 0 Å². The SMILES string of the molecule is Cn1c(Cl)c(C=O)c2cccc(C=O)c21. The zero-order chi connectivity index (χ0) is 11.0. The number of rotatable bonds is 2. The molecule has 1 heterocycles. The third kappa shape index (κ3) is 1.27. The van der Waals surface area contributed by atoms with E-state index in [0.717, 1.165) is 6.29 Å². The minimum absolute atomic E-state index is 0.356. The molecule has 0 fully saturated rings. The second-order valence-corrected chi connectivity index (χ2v) is 3.60. The van der Waals surface area contributed by atoms with Crippen molar-refractivity contribution < 1.29 is 9.59 Å². The Morgan fingerprint density at radius 1 is 1.27 bits per heavy atom. The number of benzene rings is 1. The molecule has 1 aromatic heterocycles. The van der Waals surface area contributed by atoms with Gasteiger partial charge in [0.25, 0.3) is 0 Å². The molecule has 0 aliphatic carbocycles. The van der Waals surface area contributed by atoms with Gasteiger partial charge in [-0.25, -0.2) is 0 Å². The van der Waals surface area contributed by atoms with Gasteiger partial charge in [-0.05, 0) is 6.07 Å². The summed E-state index contributed by atoms with van der Waals surface area (Å²) in [4.78, 5) is 21.7. The van der Waals surface area contributed by atoms with E-state index in [-0.39, 0.29) is 0 Å². The average molecular weight is 222 g/mol. The van der Waals surface area contributed by atoms with E-state index in [2.05, 4.69) is 0 Å². The first kappa shape index (κ1) is 9.93. The zero-order valence-electron chi connectivity index (χ0n) is 8.03. The molecule has 2 aromatic rings. The van der Waals surface area contributed by atoms with Crippen LogP contribution in [-0.4, -0.2) is 17.1 Å². The van der Waals surface area contributed by atoms with Gasteiger partial charge < -0.3 is 4.57 Å². The third-order valence-corrected chi connectivity index (χ3v) is 2.91. The predicted octanol–water partition coefficient (Wildman–Crippen LogP) is 2.46. The zero-order valence-corrected chi connectivity index (χ0v) is 8.78. The summed E-state index contributed by atoms with van der Waals surface area (Å²) in [5.74, 6) is 0. The molecule has 1 aromatic carbocycles. The fourth-order valence-electron chi connectivity index (χ4n) is 1.75. The Morgan fingerprint density at radius 3 is 2.60 bits per heavy atom. The number of hydrogen-bond donors (Lipinski definition) is 0. The van der Waals surface area contributed by atoms with Crippen molar-refractivity contribution in [2.24, 2.45) is 7.05 Å². The highest BCUT2D eigenvalue weighted by Gasteiger charge is 2.14. The summed E-state index contributed by atoms with van der Waals surface area (Å²) >= 11 is 5.98. The summed E-state index contributed by atoms with van der Waals surface area (Å²) in [6.07, 6.45) is 1.46. The summed E-state index contributed by atoms with van der Waals surface area (Å²) in [5, 5.41) is 1.07. The Hall–Kier alpha value is -1.61.